The second-order valence-corrected chi connectivity index (χ2v) is 7.34. The first-order chi connectivity index (χ1) is 13.7. The first-order valence-corrected chi connectivity index (χ1v) is 9.87. The van der Waals surface area contributed by atoms with Gasteiger partial charge in [0, 0.05) is 44.6 Å². The monoisotopic (exact) mass is 373 g/mol. The predicted molar refractivity (Wildman–Crippen MR) is 116 cm³/mol. The van der Waals surface area contributed by atoms with Gasteiger partial charge in [0.2, 0.25) is 5.95 Å². The van der Waals surface area contributed by atoms with E-state index in [1.54, 1.807) is 0 Å². The lowest BCUT2D eigenvalue weighted by molar-refractivity contribution is 0.640. The minimum absolute atomic E-state index is 0.768. The van der Waals surface area contributed by atoms with Gasteiger partial charge in [-0.15, -0.1) is 0 Å². The molecule has 1 aromatic heterocycles. The van der Waals surface area contributed by atoms with Crippen LogP contribution in [0, 0.1) is 13.8 Å². The highest BCUT2D eigenvalue weighted by molar-refractivity contribution is 5.51. The van der Waals surface area contributed by atoms with Gasteiger partial charge in [0.15, 0.2) is 0 Å². The van der Waals surface area contributed by atoms with Crippen LogP contribution in [0.3, 0.4) is 0 Å². The molecule has 0 unspecified atom stereocenters. The normalized spacial score (nSPS) is 14.2. The van der Waals surface area contributed by atoms with E-state index < -0.39 is 0 Å². The summed E-state index contributed by atoms with van der Waals surface area (Å²) in [5.74, 6) is 1.67. The maximum absolute atomic E-state index is 4.74. The van der Waals surface area contributed by atoms with Crippen molar-refractivity contribution in [3.63, 3.8) is 0 Å². The lowest BCUT2D eigenvalue weighted by atomic mass is 10.1. The van der Waals surface area contributed by atoms with E-state index in [-0.39, 0.29) is 0 Å². The quantitative estimate of drug-likeness (QED) is 0.731. The van der Waals surface area contributed by atoms with Gasteiger partial charge in [-0.25, -0.2) is 4.98 Å². The SMILES string of the molecule is Cc1cccc(N2CCN(c3nccc(NCc4ccccc4C)n3)CC2)c1. The molecule has 144 valence electrons. The Labute approximate surface area is 167 Å². The Morgan fingerprint density at radius 1 is 0.893 bits per heavy atom. The van der Waals surface area contributed by atoms with Crippen molar-refractivity contribution in [2.24, 2.45) is 0 Å². The molecule has 1 fully saturated rings. The van der Waals surface area contributed by atoms with Gasteiger partial charge in [-0.2, -0.15) is 4.98 Å². The van der Waals surface area contributed by atoms with E-state index in [0.717, 1.165) is 44.5 Å². The zero-order valence-corrected chi connectivity index (χ0v) is 16.6. The molecule has 28 heavy (non-hydrogen) atoms. The van der Waals surface area contributed by atoms with Crippen LogP contribution in [-0.2, 0) is 6.54 Å². The Morgan fingerprint density at radius 3 is 2.46 bits per heavy atom. The standard InChI is InChI=1S/C23H27N5/c1-18-6-5-9-21(16-18)27-12-14-28(15-13-27)23-24-11-10-22(26-23)25-17-20-8-4-3-7-19(20)2/h3-11,16H,12-15,17H2,1-2H3,(H,24,25,26). The zero-order valence-electron chi connectivity index (χ0n) is 16.6. The molecule has 1 aliphatic heterocycles. The molecule has 1 N–H and O–H groups in total. The van der Waals surface area contributed by atoms with Crippen LogP contribution in [0.4, 0.5) is 17.5 Å². The molecule has 0 amide bonds. The Hall–Kier alpha value is -3.08. The highest BCUT2D eigenvalue weighted by Gasteiger charge is 2.19. The summed E-state index contributed by atoms with van der Waals surface area (Å²) in [6, 6.07) is 19.1. The van der Waals surface area contributed by atoms with Crippen LogP contribution in [0.15, 0.2) is 60.8 Å². The van der Waals surface area contributed by atoms with Crippen molar-refractivity contribution >= 4 is 17.5 Å². The third-order valence-corrected chi connectivity index (χ3v) is 5.29. The van der Waals surface area contributed by atoms with Gasteiger partial charge in [-0.05, 0) is 48.7 Å². The van der Waals surface area contributed by atoms with Crippen molar-refractivity contribution in [1.29, 1.82) is 0 Å². The van der Waals surface area contributed by atoms with Crippen molar-refractivity contribution in [1.82, 2.24) is 9.97 Å². The van der Waals surface area contributed by atoms with Crippen LogP contribution in [-0.4, -0.2) is 36.1 Å². The van der Waals surface area contributed by atoms with Crippen molar-refractivity contribution in [3.05, 3.63) is 77.5 Å². The van der Waals surface area contributed by atoms with Crippen LogP contribution in [0.2, 0.25) is 0 Å². The maximum atomic E-state index is 4.74. The number of nitrogens with zero attached hydrogens (tertiary/aromatic N) is 4. The smallest absolute Gasteiger partial charge is 0.227 e. The van der Waals surface area contributed by atoms with Gasteiger partial charge >= 0.3 is 0 Å². The zero-order chi connectivity index (χ0) is 19.3. The average molecular weight is 374 g/mol. The van der Waals surface area contributed by atoms with Crippen LogP contribution in [0.25, 0.3) is 0 Å². The maximum Gasteiger partial charge on any atom is 0.227 e. The van der Waals surface area contributed by atoms with E-state index in [4.69, 9.17) is 4.98 Å². The number of anilines is 3. The summed E-state index contributed by atoms with van der Waals surface area (Å²) in [4.78, 5) is 13.9. The fourth-order valence-corrected chi connectivity index (χ4v) is 3.58. The number of benzene rings is 2. The lowest BCUT2D eigenvalue weighted by Gasteiger charge is -2.36. The van der Waals surface area contributed by atoms with Gasteiger partial charge in [0.25, 0.3) is 0 Å². The molecule has 0 spiro atoms. The second-order valence-electron chi connectivity index (χ2n) is 7.34. The summed E-state index contributed by atoms with van der Waals surface area (Å²) in [6.07, 6.45) is 1.84. The fraction of sp³-hybridized carbons (Fsp3) is 0.304. The molecular weight excluding hydrogens is 346 g/mol. The van der Waals surface area contributed by atoms with Gasteiger partial charge in [-0.3, -0.25) is 0 Å². The van der Waals surface area contributed by atoms with Crippen LogP contribution in [0.1, 0.15) is 16.7 Å². The predicted octanol–water partition coefficient (Wildman–Crippen LogP) is 4.03. The Bertz CT molecular complexity index is 932. The first-order valence-electron chi connectivity index (χ1n) is 9.87. The summed E-state index contributed by atoms with van der Waals surface area (Å²) in [5, 5.41) is 3.43. The molecule has 0 atom stereocenters. The minimum atomic E-state index is 0.768. The average Bonchev–Trinajstić information content (AvgIpc) is 2.73. The Balaban J connectivity index is 1.38. The molecular formula is C23H27N5. The summed E-state index contributed by atoms with van der Waals surface area (Å²) in [6.45, 7) is 8.86. The third kappa shape index (κ3) is 4.25. The number of aryl methyl sites for hydroxylation is 2. The number of hydrogen-bond acceptors (Lipinski definition) is 5. The number of hydrogen-bond donors (Lipinski definition) is 1. The summed E-state index contributed by atoms with van der Waals surface area (Å²) < 4.78 is 0. The molecule has 0 bridgehead atoms. The van der Waals surface area contributed by atoms with Gasteiger partial charge in [0.05, 0.1) is 0 Å². The Kier molecular flexibility index (Phi) is 5.42. The largest absolute Gasteiger partial charge is 0.368 e. The number of aromatic nitrogens is 2. The van der Waals surface area contributed by atoms with Crippen LogP contribution < -0.4 is 15.1 Å². The lowest BCUT2D eigenvalue weighted by Crippen LogP contribution is -2.47. The fourth-order valence-electron chi connectivity index (χ4n) is 3.58. The molecule has 0 radical (unpaired) electrons. The minimum Gasteiger partial charge on any atom is -0.368 e. The van der Waals surface area contributed by atoms with E-state index in [1.807, 2.05) is 12.3 Å². The van der Waals surface area contributed by atoms with Crippen molar-refractivity contribution in [3.8, 4) is 0 Å². The molecule has 3 aromatic rings. The van der Waals surface area contributed by atoms with Crippen molar-refractivity contribution < 1.29 is 0 Å². The topological polar surface area (TPSA) is 44.3 Å². The van der Waals surface area contributed by atoms with E-state index in [1.165, 1.54) is 22.4 Å². The molecule has 0 saturated carbocycles. The molecule has 5 nitrogen and oxygen atoms in total. The molecule has 1 saturated heterocycles. The van der Waals surface area contributed by atoms with Gasteiger partial charge in [-0.1, -0.05) is 36.4 Å². The van der Waals surface area contributed by atoms with Gasteiger partial charge in [0.1, 0.15) is 5.82 Å². The number of piperazine rings is 1. The van der Waals surface area contributed by atoms with Crippen molar-refractivity contribution in [2.45, 2.75) is 20.4 Å². The summed E-state index contributed by atoms with van der Waals surface area (Å²) >= 11 is 0. The molecule has 2 aromatic carbocycles. The summed E-state index contributed by atoms with van der Waals surface area (Å²) in [7, 11) is 0. The number of rotatable bonds is 5. The molecule has 5 heteroatoms. The number of nitrogens with one attached hydrogen (secondary N) is 1. The molecule has 1 aliphatic rings. The highest BCUT2D eigenvalue weighted by atomic mass is 15.3. The van der Waals surface area contributed by atoms with Crippen LogP contribution >= 0.6 is 0 Å². The Morgan fingerprint density at radius 2 is 1.68 bits per heavy atom. The van der Waals surface area contributed by atoms with Crippen molar-refractivity contribution in [2.75, 3.05) is 41.3 Å². The highest BCUT2D eigenvalue weighted by Crippen LogP contribution is 2.20. The van der Waals surface area contributed by atoms with E-state index >= 15 is 0 Å². The third-order valence-electron chi connectivity index (χ3n) is 5.29. The summed E-state index contributed by atoms with van der Waals surface area (Å²) in [5.41, 5.74) is 5.18. The first kappa shape index (κ1) is 18.3. The van der Waals surface area contributed by atoms with Gasteiger partial charge < -0.3 is 15.1 Å². The second kappa shape index (κ2) is 8.30. The molecule has 0 aliphatic carbocycles. The molecule has 4 rings (SSSR count). The van der Waals surface area contributed by atoms with E-state index in [2.05, 4.69) is 82.5 Å². The molecule has 2 heterocycles. The van der Waals surface area contributed by atoms with E-state index in [9.17, 15) is 0 Å². The van der Waals surface area contributed by atoms with E-state index in [0.29, 0.717) is 0 Å². The van der Waals surface area contributed by atoms with Crippen LogP contribution in [0.5, 0.6) is 0 Å².